The lowest BCUT2D eigenvalue weighted by Crippen LogP contribution is -2.45. The van der Waals surface area contributed by atoms with Gasteiger partial charge in [-0.3, -0.25) is 4.79 Å². The number of aromatic nitrogens is 3. The molecule has 3 aliphatic carbocycles. The van der Waals surface area contributed by atoms with Gasteiger partial charge in [-0.1, -0.05) is 0 Å². The van der Waals surface area contributed by atoms with Gasteiger partial charge in [-0.05, 0) is 74.5 Å². The van der Waals surface area contributed by atoms with Crippen LogP contribution < -0.4 is 0 Å². The monoisotopic (exact) mass is 411 g/mol. The van der Waals surface area contributed by atoms with Gasteiger partial charge in [-0.2, -0.15) is 0 Å². The van der Waals surface area contributed by atoms with Crippen molar-refractivity contribution in [3.05, 3.63) is 47.4 Å². The molecule has 2 N–H and O–H groups in total. The average Bonchev–Trinajstić information content (AvgIpc) is 3.14. The number of aryl methyl sites for hydroxylation is 1. The summed E-state index contributed by atoms with van der Waals surface area (Å²) in [6, 6.07) is 3.29. The second-order valence-corrected chi connectivity index (χ2v) is 8.77. The number of benzene rings is 1. The second-order valence-electron chi connectivity index (χ2n) is 8.77. The van der Waals surface area contributed by atoms with E-state index in [9.17, 15) is 18.7 Å². The molecule has 2 atom stereocenters. The van der Waals surface area contributed by atoms with Gasteiger partial charge in [-0.15, -0.1) is 0 Å². The van der Waals surface area contributed by atoms with Crippen LogP contribution in [-0.2, 0) is 11.2 Å². The van der Waals surface area contributed by atoms with E-state index in [1.165, 1.54) is 6.07 Å². The van der Waals surface area contributed by atoms with Crippen molar-refractivity contribution in [1.29, 1.82) is 0 Å². The van der Waals surface area contributed by atoms with E-state index in [0.717, 1.165) is 37.4 Å². The summed E-state index contributed by atoms with van der Waals surface area (Å²) >= 11 is 0. The Morgan fingerprint density at radius 1 is 1.17 bits per heavy atom. The number of carbonyl (C=O) groups is 1. The van der Waals surface area contributed by atoms with Gasteiger partial charge in [0.1, 0.15) is 5.82 Å². The molecule has 156 valence electrons. The number of aromatic amines is 1. The lowest BCUT2D eigenvalue weighted by atomic mass is 9.57. The first kappa shape index (κ1) is 19.2. The maximum absolute atomic E-state index is 14.6. The van der Waals surface area contributed by atoms with E-state index in [0.29, 0.717) is 28.2 Å². The van der Waals surface area contributed by atoms with E-state index in [2.05, 4.69) is 15.0 Å². The molecular weight excluding hydrogens is 388 g/mol. The molecule has 0 saturated heterocycles. The van der Waals surface area contributed by atoms with Gasteiger partial charge in [0, 0.05) is 17.1 Å². The van der Waals surface area contributed by atoms with Crippen molar-refractivity contribution in [2.75, 3.05) is 0 Å². The van der Waals surface area contributed by atoms with Crippen LogP contribution in [0.25, 0.3) is 22.3 Å². The normalized spacial score (nSPS) is 25.7. The highest BCUT2D eigenvalue weighted by Crippen LogP contribution is 2.50. The number of nitrogens with zero attached hydrogens (tertiary/aromatic N) is 2. The molecule has 0 radical (unpaired) electrons. The molecule has 0 amide bonds. The van der Waals surface area contributed by atoms with Crippen molar-refractivity contribution in [3.8, 4) is 11.4 Å². The zero-order chi connectivity index (χ0) is 21.0. The molecule has 2 bridgehead atoms. The maximum atomic E-state index is 14.6. The smallest absolute Gasteiger partial charge is 0.307 e. The Morgan fingerprint density at radius 2 is 1.90 bits per heavy atom. The fourth-order valence-electron chi connectivity index (χ4n) is 5.66. The van der Waals surface area contributed by atoms with Gasteiger partial charge in [-0.25, -0.2) is 18.7 Å². The third-order valence-electron chi connectivity index (χ3n) is 7.05. The number of nitrogens with one attached hydrogen (secondary N) is 1. The lowest BCUT2D eigenvalue weighted by molar-refractivity contribution is -0.152. The van der Waals surface area contributed by atoms with E-state index >= 15 is 0 Å². The zero-order valence-corrected chi connectivity index (χ0v) is 16.7. The number of carboxylic acid groups (broad SMARTS) is 1. The summed E-state index contributed by atoms with van der Waals surface area (Å²) in [5, 5.41) is 10.4. The third-order valence-corrected chi connectivity index (χ3v) is 7.05. The van der Waals surface area contributed by atoms with E-state index in [1.54, 1.807) is 13.1 Å². The van der Waals surface area contributed by atoms with Crippen molar-refractivity contribution in [2.45, 2.75) is 39.0 Å². The minimum atomic E-state index is -0.785. The molecule has 3 saturated carbocycles. The number of carboxylic acids is 1. The Balaban J connectivity index is 1.53. The van der Waals surface area contributed by atoms with Crippen LogP contribution in [0.5, 0.6) is 0 Å². The van der Waals surface area contributed by atoms with Crippen molar-refractivity contribution < 1.29 is 18.7 Å². The van der Waals surface area contributed by atoms with E-state index in [4.69, 9.17) is 0 Å². The molecule has 1 aromatic carbocycles. The molecule has 0 spiro atoms. The van der Waals surface area contributed by atoms with Crippen molar-refractivity contribution in [2.24, 2.45) is 23.7 Å². The van der Waals surface area contributed by atoms with E-state index in [-0.39, 0.29) is 29.8 Å². The fourth-order valence-corrected chi connectivity index (χ4v) is 5.66. The number of rotatable bonds is 4. The van der Waals surface area contributed by atoms with E-state index < -0.39 is 17.7 Å². The zero-order valence-electron chi connectivity index (χ0n) is 16.7. The molecular formula is C23H23F2N3O2. The highest BCUT2D eigenvalue weighted by molar-refractivity contribution is 5.94. The highest BCUT2D eigenvalue weighted by Gasteiger charge is 2.47. The minimum Gasteiger partial charge on any atom is -0.481 e. The first-order valence-electron chi connectivity index (χ1n) is 10.4. The Morgan fingerprint density at radius 3 is 2.63 bits per heavy atom. The van der Waals surface area contributed by atoms with Crippen LogP contribution in [-0.4, -0.2) is 26.0 Å². The first-order valence-corrected chi connectivity index (χ1v) is 10.4. The van der Waals surface area contributed by atoms with E-state index in [1.807, 2.05) is 6.07 Å². The lowest BCUT2D eigenvalue weighted by Gasteiger charge is -2.46. The molecule has 3 aliphatic rings. The molecule has 0 unspecified atom stereocenters. The summed E-state index contributed by atoms with van der Waals surface area (Å²) < 4.78 is 28.9. The van der Waals surface area contributed by atoms with Crippen LogP contribution in [0.1, 0.15) is 36.9 Å². The Kier molecular flexibility index (Phi) is 4.56. The van der Waals surface area contributed by atoms with Crippen LogP contribution in [0.15, 0.2) is 24.5 Å². The van der Waals surface area contributed by atoms with Crippen molar-refractivity contribution in [1.82, 2.24) is 15.0 Å². The Labute approximate surface area is 172 Å². The van der Waals surface area contributed by atoms with Crippen LogP contribution in [0.2, 0.25) is 0 Å². The standard InChI is InChI=1S/C23H23F2N3O2/c1-11-6-15-16(9-26-21(15)17(24)7-11)22-27-10-18(25)19(28-22)8-14-12-2-4-13(5-3-12)20(14)23(29)30/h6-7,9-10,12-14,20,26H,2-5,8H2,1H3,(H,29,30)/t12?,13?,14-,20-/m0/s1. The summed E-state index contributed by atoms with van der Waals surface area (Å²) in [4.78, 5) is 23.5. The molecule has 3 fully saturated rings. The molecule has 7 heteroatoms. The average molecular weight is 411 g/mol. The second kappa shape index (κ2) is 7.15. The molecule has 2 heterocycles. The summed E-state index contributed by atoms with van der Waals surface area (Å²) in [7, 11) is 0. The van der Waals surface area contributed by atoms with Gasteiger partial charge in [0.2, 0.25) is 0 Å². The third kappa shape index (κ3) is 3.07. The van der Waals surface area contributed by atoms with Gasteiger partial charge >= 0.3 is 5.97 Å². The van der Waals surface area contributed by atoms with Crippen LogP contribution in [0.3, 0.4) is 0 Å². The molecule has 30 heavy (non-hydrogen) atoms. The minimum absolute atomic E-state index is 0.116. The molecule has 0 aliphatic heterocycles. The Hall–Kier alpha value is -2.83. The predicted molar refractivity (Wildman–Crippen MR) is 108 cm³/mol. The van der Waals surface area contributed by atoms with Crippen molar-refractivity contribution in [3.63, 3.8) is 0 Å². The van der Waals surface area contributed by atoms with Gasteiger partial charge in [0.05, 0.1) is 23.3 Å². The largest absolute Gasteiger partial charge is 0.481 e. The van der Waals surface area contributed by atoms with Gasteiger partial charge in [0.15, 0.2) is 11.6 Å². The summed E-state index contributed by atoms with van der Waals surface area (Å²) in [6.07, 6.45) is 6.94. The summed E-state index contributed by atoms with van der Waals surface area (Å²) in [5.74, 6) is -1.45. The SMILES string of the molecule is Cc1cc(F)c2[nH]cc(-c3ncc(F)c(C[C@H]4C5CCC(CC5)[C@@H]4C(=O)O)n3)c2c1. The quantitative estimate of drug-likeness (QED) is 0.641. The number of aliphatic carboxylic acids is 1. The number of hydrogen-bond donors (Lipinski definition) is 2. The fraction of sp³-hybridized carbons (Fsp3) is 0.435. The highest BCUT2D eigenvalue weighted by atomic mass is 19.1. The number of H-pyrrole nitrogens is 1. The van der Waals surface area contributed by atoms with Crippen molar-refractivity contribution >= 4 is 16.9 Å². The van der Waals surface area contributed by atoms with Crippen LogP contribution in [0.4, 0.5) is 8.78 Å². The van der Waals surface area contributed by atoms with Crippen LogP contribution >= 0.6 is 0 Å². The predicted octanol–water partition coefficient (Wildman–Crippen LogP) is 4.89. The maximum Gasteiger partial charge on any atom is 0.307 e. The molecule has 6 rings (SSSR count). The van der Waals surface area contributed by atoms with Gasteiger partial charge in [0.25, 0.3) is 0 Å². The Bertz CT molecular complexity index is 1130. The summed E-state index contributed by atoms with van der Waals surface area (Å²) in [6.45, 7) is 1.81. The molecule has 2 aromatic heterocycles. The first-order chi connectivity index (χ1) is 14.4. The van der Waals surface area contributed by atoms with Gasteiger partial charge < -0.3 is 10.1 Å². The topological polar surface area (TPSA) is 78.9 Å². The molecule has 3 aromatic rings. The number of halogens is 2. The number of fused-ring (bicyclic) bond motifs is 4. The van der Waals surface area contributed by atoms with Crippen LogP contribution in [0, 0.1) is 42.2 Å². The molecule has 5 nitrogen and oxygen atoms in total. The summed E-state index contributed by atoms with van der Waals surface area (Å²) in [5.41, 5.74) is 1.98. The number of hydrogen-bond acceptors (Lipinski definition) is 3.